The summed E-state index contributed by atoms with van der Waals surface area (Å²) < 4.78 is 11.9. The molecule has 0 saturated carbocycles. The molecule has 0 aliphatic carbocycles. The van der Waals surface area contributed by atoms with Crippen LogP contribution in [0.3, 0.4) is 0 Å². The molecule has 0 bridgehead atoms. The number of hydrogen-bond donors (Lipinski definition) is 0. The lowest BCUT2D eigenvalue weighted by Gasteiger charge is -2.17. The molecule has 1 aliphatic rings. The van der Waals surface area contributed by atoms with Gasteiger partial charge in [-0.15, -0.1) is 0 Å². The highest BCUT2D eigenvalue weighted by molar-refractivity contribution is 6.30. The molecule has 2 aromatic rings. The van der Waals surface area contributed by atoms with Crippen LogP contribution in [0.5, 0.6) is 0 Å². The number of fused-ring (bicyclic) bond motifs is 1. The number of aromatic nitrogens is 1. The number of halogens is 1. The lowest BCUT2D eigenvalue weighted by atomic mass is 9.97. The van der Waals surface area contributed by atoms with Crippen LogP contribution in [0.2, 0.25) is 5.02 Å². The molecule has 0 N–H and O–H groups in total. The molecule has 1 aromatic heterocycles. The van der Waals surface area contributed by atoms with Gasteiger partial charge in [-0.3, -0.25) is 0 Å². The van der Waals surface area contributed by atoms with Crippen molar-refractivity contribution >= 4 is 11.6 Å². The highest BCUT2D eigenvalue weighted by Crippen LogP contribution is 2.47. The molecule has 1 aromatic carbocycles. The maximum atomic E-state index is 6.28. The van der Waals surface area contributed by atoms with E-state index in [0.29, 0.717) is 5.92 Å². The number of benzene rings is 1. The van der Waals surface area contributed by atoms with Crippen LogP contribution in [-0.2, 0) is 11.2 Å². The summed E-state index contributed by atoms with van der Waals surface area (Å²) in [4.78, 5) is 0. The molecule has 1 aliphatic heterocycles. The van der Waals surface area contributed by atoms with E-state index in [1.807, 2.05) is 24.3 Å². The fraction of sp³-hybridized carbons (Fsp3) is 0.471. The molecule has 0 spiro atoms. The van der Waals surface area contributed by atoms with Crippen molar-refractivity contribution in [1.29, 1.82) is 0 Å². The average Bonchev–Trinajstić information content (AvgIpc) is 3.01. The van der Waals surface area contributed by atoms with Gasteiger partial charge in [0, 0.05) is 11.4 Å². The summed E-state index contributed by atoms with van der Waals surface area (Å²) in [6.07, 6.45) is 1.81. The molecule has 4 heteroatoms. The van der Waals surface area contributed by atoms with Gasteiger partial charge < -0.3 is 9.26 Å². The standard InChI is InChI=1S/C17H20ClNO2/c1-4-5-13-14-15(19-21-13)16(10(2)3)20-17(14)11-6-8-12(18)9-7-11/h6-10,16-17H,4-5H2,1-3H3. The third-order valence-electron chi connectivity index (χ3n) is 3.90. The molecule has 3 nitrogen and oxygen atoms in total. The van der Waals surface area contributed by atoms with Crippen LogP contribution in [0.15, 0.2) is 28.8 Å². The second kappa shape index (κ2) is 5.82. The highest BCUT2D eigenvalue weighted by Gasteiger charge is 2.40. The number of aryl methyl sites for hydroxylation is 1. The molecule has 2 unspecified atom stereocenters. The topological polar surface area (TPSA) is 35.3 Å². The molecule has 3 rings (SSSR count). The molecule has 0 radical (unpaired) electrons. The minimum atomic E-state index is -0.0996. The Morgan fingerprint density at radius 3 is 2.57 bits per heavy atom. The summed E-state index contributed by atoms with van der Waals surface area (Å²) in [7, 11) is 0. The number of nitrogens with zero attached hydrogens (tertiary/aromatic N) is 1. The van der Waals surface area contributed by atoms with Crippen molar-refractivity contribution in [3.8, 4) is 0 Å². The Bertz CT molecular complexity index is 618. The van der Waals surface area contributed by atoms with Crippen LogP contribution in [0.25, 0.3) is 0 Å². The van der Waals surface area contributed by atoms with Crippen molar-refractivity contribution in [1.82, 2.24) is 5.16 Å². The molecule has 21 heavy (non-hydrogen) atoms. The Morgan fingerprint density at radius 2 is 1.95 bits per heavy atom. The van der Waals surface area contributed by atoms with Crippen molar-refractivity contribution in [2.45, 2.75) is 45.8 Å². The summed E-state index contributed by atoms with van der Waals surface area (Å²) in [6, 6.07) is 7.83. The fourth-order valence-corrected chi connectivity index (χ4v) is 3.00. The first-order valence-corrected chi connectivity index (χ1v) is 7.88. The van der Waals surface area contributed by atoms with E-state index in [2.05, 4.69) is 25.9 Å². The second-order valence-corrected chi connectivity index (χ2v) is 6.32. The van der Waals surface area contributed by atoms with Crippen LogP contribution >= 0.6 is 11.6 Å². The number of ether oxygens (including phenoxy) is 1. The van der Waals surface area contributed by atoms with Crippen LogP contribution in [0, 0.1) is 5.92 Å². The van der Waals surface area contributed by atoms with Gasteiger partial charge in [-0.05, 0) is 30.0 Å². The lowest BCUT2D eigenvalue weighted by Crippen LogP contribution is -2.07. The van der Waals surface area contributed by atoms with Gasteiger partial charge >= 0.3 is 0 Å². The molecular weight excluding hydrogens is 286 g/mol. The van der Waals surface area contributed by atoms with Crippen molar-refractivity contribution < 1.29 is 9.26 Å². The second-order valence-electron chi connectivity index (χ2n) is 5.89. The predicted molar refractivity (Wildman–Crippen MR) is 82.5 cm³/mol. The van der Waals surface area contributed by atoms with Gasteiger partial charge in [0.25, 0.3) is 0 Å². The minimum absolute atomic E-state index is 0.00460. The van der Waals surface area contributed by atoms with E-state index in [4.69, 9.17) is 20.9 Å². The smallest absolute Gasteiger partial charge is 0.143 e. The first kappa shape index (κ1) is 14.6. The Hall–Kier alpha value is -1.32. The zero-order chi connectivity index (χ0) is 15.0. The largest absolute Gasteiger partial charge is 0.361 e. The third-order valence-corrected chi connectivity index (χ3v) is 4.15. The highest BCUT2D eigenvalue weighted by atomic mass is 35.5. The predicted octanol–water partition coefficient (Wildman–Crippen LogP) is 5.10. The van der Waals surface area contributed by atoms with E-state index in [0.717, 1.165) is 40.4 Å². The van der Waals surface area contributed by atoms with E-state index in [1.165, 1.54) is 0 Å². The SMILES string of the molecule is CCCc1onc2c1C(c1ccc(Cl)cc1)OC2C(C)C. The first-order chi connectivity index (χ1) is 10.1. The van der Waals surface area contributed by atoms with Crippen LogP contribution in [0.1, 0.15) is 62.0 Å². The van der Waals surface area contributed by atoms with Gasteiger partial charge in [0.05, 0.1) is 5.56 Å². The quantitative estimate of drug-likeness (QED) is 0.788. The van der Waals surface area contributed by atoms with Gasteiger partial charge in [-0.1, -0.05) is 49.7 Å². The van der Waals surface area contributed by atoms with Crippen molar-refractivity contribution in [2.75, 3.05) is 0 Å². The first-order valence-electron chi connectivity index (χ1n) is 7.51. The zero-order valence-electron chi connectivity index (χ0n) is 12.6. The summed E-state index contributed by atoms with van der Waals surface area (Å²) in [5.41, 5.74) is 3.19. The monoisotopic (exact) mass is 305 g/mol. The molecule has 0 saturated heterocycles. The van der Waals surface area contributed by atoms with E-state index in [-0.39, 0.29) is 12.2 Å². The average molecular weight is 306 g/mol. The summed E-state index contributed by atoms with van der Waals surface area (Å²) in [6.45, 7) is 6.43. The molecule has 112 valence electrons. The Morgan fingerprint density at radius 1 is 1.24 bits per heavy atom. The summed E-state index contributed by atoms with van der Waals surface area (Å²) in [5.74, 6) is 1.32. The van der Waals surface area contributed by atoms with Gasteiger partial charge in [-0.25, -0.2) is 0 Å². The van der Waals surface area contributed by atoms with Gasteiger partial charge in [-0.2, -0.15) is 0 Å². The number of rotatable bonds is 4. The van der Waals surface area contributed by atoms with E-state index < -0.39 is 0 Å². The van der Waals surface area contributed by atoms with E-state index in [1.54, 1.807) is 0 Å². The summed E-state index contributed by atoms with van der Waals surface area (Å²) >= 11 is 5.99. The van der Waals surface area contributed by atoms with Gasteiger partial charge in [0.1, 0.15) is 23.7 Å². The summed E-state index contributed by atoms with van der Waals surface area (Å²) in [5, 5.41) is 5.02. The van der Waals surface area contributed by atoms with E-state index in [9.17, 15) is 0 Å². The third kappa shape index (κ3) is 2.60. The molecule has 2 atom stereocenters. The van der Waals surface area contributed by atoms with Crippen molar-refractivity contribution in [2.24, 2.45) is 5.92 Å². The van der Waals surface area contributed by atoms with Crippen molar-refractivity contribution in [3.05, 3.63) is 51.9 Å². The minimum Gasteiger partial charge on any atom is -0.361 e. The zero-order valence-corrected chi connectivity index (χ0v) is 13.4. The van der Waals surface area contributed by atoms with Gasteiger partial charge in [0.15, 0.2) is 0 Å². The molecular formula is C17H20ClNO2. The van der Waals surface area contributed by atoms with Crippen LogP contribution < -0.4 is 0 Å². The Balaban J connectivity index is 2.04. The van der Waals surface area contributed by atoms with Crippen LogP contribution in [0.4, 0.5) is 0 Å². The molecule has 0 amide bonds. The normalized spacial score (nSPS) is 21.0. The Kier molecular flexibility index (Phi) is 4.05. The van der Waals surface area contributed by atoms with E-state index >= 15 is 0 Å². The lowest BCUT2D eigenvalue weighted by molar-refractivity contribution is -0.000826. The van der Waals surface area contributed by atoms with Crippen LogP contribution in [-0.4, -0.2) is 5.16 Å². The number of hydrogen-bond acceptors (Lipinski definition) is 3. The van der Waals surface area contributed by atoms with Crippen molar-refractivity contribution in [3.63, 3.8) is 0 Å². The fourth-order valence-electron chi connectivity index (χ4n) is 2.87. The van der Waals surface area contributed by atoms with Gasteiger partial charge in [0.2, 0.25) is 0 Å². The maximum absolute atomic E-state index is 6.28. The molecule has 2 heterocycles. The Labute approximate surface area is 130 Å². The molecule has 0 fully saturated rings. The maximum Gasteiger partial charge on any atom is 0.143 e.